The van der Waals surface area contributed by atoms with E-state index >= 15 is 0 Å². The Kier molecular flexibility index (Phi) is 7.30. The Bertz CT molecular complexity index is 740. The maximum atomic E-state index is 11.8. The number of anilines is 1. The minimum atomic E-state index is -0.404. The van der Waals surface area contributed by atoms with Gasteiger partial charge in [-0.15, -0.1) is 0 Å². The van der Waals surface area contributed by atoms with Gasteiger partial charge in [0.05, 0.1) is 18.3 Å². The first-order chi connectivity index (χ1) is 12.6. The Hall–Kier alpha value is -3.22. The molecule has 1 aromatic carbocycles. The molecule has 26 heavy (non-hydrogen) atoms. The van der Waals surface area contributed by atoms with Crippen LogP contribution in [0.15, 0.2) is 53.9 Å². The van der Waals surface area contributed by atoms with Crippen molar-refractivity contribution in [1.29, 1.82) is 0 Å². The molecule has 0 fully saturated rings. The summed E-state index contributed by atoms with van der Waals surface area (Å²) in [5, 5.41) is 6.42. The molecule has 0 aliphatic carbocycles. The van der Waals surface area contributed by atoms with E-state index in [2.05, 4.69) is 39.6 Å². The maximum absolute atomic E-state index is 11.8. The Morgan fingerprint density at radius 2 is 1.88 bits per heavy atom. The molecule has 1 aromatic heterocycles. The van der Waals surface area contributed by atoms with E-state index in [9.17, 15) is 9.59 Å². The normalized spacial score (nSPS) is 10.5. The Labute approximate surface area is 153 Å². The van der Waals surface area contributed by atoms with Crippen LogP contribution in [0.1, 0.15) is 29.8 Å². The van der Waals surface area contributed by atoms with Crippen LogP contribution >= 0.6 is 0 Å². The molecule has 2 rings (SSSR count). The lowest BCUT2D eigenvalue weighted by Gasteiger charge is -2.20. The molecule has 0 atom stereocenters. The van der Waals surface area contributed by atoms with E-state index in [0.29, 0.717) is 5.56 Å². The molecule has 0 aliphatic heterocycles. The van der Waals surface area contributed by atoms with Gasteiger partial charge in [-0.3, -0.25) is 14.6 Å². The number of aromatic nitrogens is 1. The van der Waals surface area contributed by atoms with Crippen LogP contribution in [0.4, 0.5) is 5.69 Å². The zero-order chi connectivity index (χ0) is 18.8. The highest BCUT2D eigenvalue weighted by molar-refractivity contribution is 5.96. The molecule has 2 aromatic rings. The van der Waals surface area contributed by atoms with Gasteiger partial charge in [-0.25, -0.2) is 5.43 Å². The number of carbonyl (C=O) groups is 2. The largest absolute Gasteiger partial charge is 0.372 e. The highest BCUT2D eigenvalue weighted by atomic mass is 16.2. The number of hydrazone groups is 1. The van der Waals surface area contributed by atoms with Gasteiger partial charge in [-0.05, 0) is 43.7 Å². The highest BCUT2D eigenvalue weighted by Crippen LogP contribution is 2.13. The lowest BCUT2D eigenvalue weighted by Crippen LogP contribution is -2.34. The fraction of sp³-hybridized carbons (Fsp3) is 0.263. The smallest absolute Gasteiger partial charge is 0.259 e. The summed E-state index contributed by atoms with van der Waals surface area (Å²) in [6.07, 6.45) is 4.58. The molecule has 2 N–H and O–H groups in total. The van der Waals surface area contributed by atoms with E-state index in [4.69, 9.17) is 0 Å². The SMILES string of the molecule is CCN(CC)c1ccc(/C=N/NC(=O)CNC(=O)c2cccnc2)cc1. The van der Waals surface area contributed by atoms with Crippen molar-refractivity contribution in [1.82, 2.24) is 15.7 Å². The van der Waals surface area contributed by atoms with Crippen LogP contribution in [-0.4, -0.2) is 42.6 Å². The lowest BCUT2D eigenvalue weighted by atomic mass is 10.2. The quantitative estimate of drug-likeness (QED) is 0.560. The van der Waals surface area contributed by atoms with Crippen molar-refractivity contribution in [3.8, 4) is 0 Å². The summed E-state index contributed by atoms with van der Waals surface area (Å²) in [7, 11) is 0. The summed E-state index contributed by atoms with van der Waals surface area (Å²) >= 11 is 0. The van der Waals surface area contributed by atoms with Crippen LogP contribution in [0.5, 0.6) is 0 Å². The van der Waals surface area contributed by atoms with Gasteiger partial charge in [0.25, 0.3) is 11.8 Å². The summed E-state index contributed by atoms with van der Waals surface area (Å²) in [4.78, 5) is 29.6. The molecule has 0 saturated carbocycles. The number of nitrogens with one attached hydrogen (secondary N) is 2. The van der Waals surface area contributed by atoms with E-state index in [1.165, 1.54) is 6.20 Å². The summed E-state index contributed by atoms with van der Waals surface area (Å²) in [5.74, 6) is -0.762. The van der Waals surface area contributed by atoms with Gasteiger partial charge in [-0.2, -0.15) is 5.10 Å². The minimum absolute atomic E-state index is 0.161. The topological polar surface area (TPSA) is 86.7 Å². The van der Waals surface area contributed by atoms with Crippen LogP contribution in [0.3, 0.4) is 0 Å². The first kappa shape index (κ1) is 19.1. The first-order valence-electron chi connectivity index (χ1n) is 8.49. The molecule has 0 unspecified atom stereocenters. The molecule has 0 aliphatic rings. The standard InChI is InChI=1S/C19H23N5O2/c1-3-24(4-2)17-9-7-15(8-10-17)12-22-23-18(25)14-21-19(26)16-6-5-11-20-13-16/h5-13H,3-4,14H2,1-2H3,(H,21,26)(H,23,25)/b22-12+. The van der Waals surface area contributed by atoms with Crippen LogP contribution < -0.4 is 15.6 Å². The summed E-state index contributed by atoms with van der Waals surface area (Å²) in [6.45, 7) is 5.96. The molecular formula is C19H23N5O2. The van der Waals surface area contributed by atoms with Crippen molar-refractivity contribution in [2.75, 3.05) is 24.5 Å². The summed E-state index contributed by atoms with van der Waals surface area (Å²) in [6, 6.07) is 11.2. The fourth-order valence-corrected chi connectivity index (χ4v) is 2.34. The average Bonchev–Trinajstić information content (AvgIpc) is 2.69. The second-order valence-corrected chi connectivity index (χ2v) is 5.48. The second-order valence-electron chi connectivity index (χ2n) is 5.48. The zero-order valence-electron chi connectivity index (χ0n) is 15.0. The molecule has 2 amide bonds. The highest BCUT2D eigenvalue weighted by Gasteiger charge is 2.07. The van der Waals surface area contributed by atoms with Gasteiger partial charge in [-0.1, -0.05) is 12.1 Å². The summed E-state index contributed by atoms with van der Waals surface area (Å²) < 4.78 is 0. The monoisotopic (exact) mass is 353 g/mol. The number of amides is 2. The van der Waals surface area contributed by atoms with E-state index in [0.717, 1.165) is 24.3 Å². The lowest BCUT2D eigenvalue weighted by molar-refractivity contribution is -0.120. The van der Waals surface area contributed by atoms with E-state index in [-0.39, 0.29) is 12.5 Å². The number of hydrogen-bond donors (Lipinski definition) is 2. The van der Waals surface area contributed by atoms with Gasteiger partial charge in [0.15, 0.2) is 0 Å². The van der Waals surface area contributed by atoms with Crippen LogP contribution in [0.2, 0.25) is 0 Å². The molecule has 136 valence electrons. The van der Waals surface area contributed by atoms with Crippen LogP contribution in [-0.2, 0) is 4.79 Å². The minimum Gasteiger partial charge on any atom is -0.372 e. The molecule has 0 saturated heterocycles. The van der Waals surface area contributed by atoms with Crippen molar-refractivity contribution < 1.29 is 9.59 Å². The Morgan fingerprint density at radius 3 is 2.50 bits per heavy atom. The number of nitrogens with zero attached hydrogens (tertiary/aromatic N) is 3. The van der Waals surface area contributed by atoms with E-state index < -0.39 is 5.91 Å². The second kappa shape index (κ2) is 9.93. The maximum Gasteiger partial charge on any atom is 0.259 e. The molecule has 7 heteroatoms. The Morgan fingerprint density at radius 1 is 1.15 bits per heavy atom. The number of carbonyl (C=O) groups excluding carboxylic acids is 2. The van der Waals surface area contributed by atoms with E-state index in [1.54, 1.807) is 24.5 Å². The third kappa shape index (κ3) is 5.70. The van der Waals surface area contributed by atoms with Crippen molar-refractivity contribution in [2.24, 2.45) is 5.10 Å². The number of benzene rings is 1. The van der Waals surface area contributed by atoms with Crippen molar-refractivity contribution in [2.45, 2.75) is 13.8 Å². The molecule has 1 heterocycles. The van der Waals surface area contributed by atoms with Gasteiger partial charge >= 0.3 is 0 Å². The molecule has 0 bridgehead atoms. The van der Waals surface area contributed by atoms with Crippen molar-refractivity contribution in [3.63, 3.8) is 0 Å². The fourth-order valence-electron chi connectivity index (χ4n) is 2.34. The predicted molar refractivity (Wildman–Crippen MR) is 102 cm³/mol. The average molecular weight is 353 g/mol. The van der Waals surface area contributed by atoms with Gasteiger partial charge in [0.2, 0.25) is 0 Å². The molecule has 0 spiro atoms. The van der Waals surface area contributed by atoms with Crippen molar-refractivity contribution >= 4 is 23.7 Å². The number of rotatable bonds is 8. The zero-order valence-corrected chi connectivity index (χ0v) is 15.0. The van der Waals surface area contributed by atoms with Gasteiger partial charge in [0, 0.05) is 31.2 Å². The Balaban J connectivity index is 1.79. The van der Waals surface area contributed by atoms with E-state index in [1.807, 2.05) is 24.3 Å². The molecule has 7 nitrogen and oxygen atoms in total. The van der Waals surface area contributed by atoms with Crippen LogP contribution in [0, 0.1) is 0 Å². The van der Waals surface area contributed by atoms with Crippen molar-refractivity contribution in [3.05, 3.63) is 59.9 Å². The predicted octanol–water partition coefficient (Wildman–Crippen LogP) is 1.81. The van der Waals surface area contributed by atoms with Gasteiger partial charge in [0.1, 0.15) is 0 Å². The number of hydrogen-bond acceptors (Lipinski definition) is 5. The third-order valence-corrected chi connectivity index (χ3v) is 3.76. The summed E-state index contributed by atoms with van der Waals surface area (Å²) in [5.41, 5.74) is 4.81. The number of pyridine rings is 1. The van der Waals surface area contributed by atoms with Crippen LogP contribution in [0.25, 0.3) is 0 Å². The third-order valence-electron chi connectivity index (χ3n) is 3.76. The van der Waals surface area contributed by atoms with Gasteiger partial charge < -0.3 is 10.2 Å². The first-order valence-corrected chi connectivity index (χ1v) is 8.49. The molecule has 0 radical (unpaired) electrons. The molecular weight excluding hydrogens is 330 g/mol.